The van der Waals surface area contributed by atoms with Crippen LogP contribution in [0.1, 0.15) is 49.9 Å². The van der Waals surface area contributed by atoms with Gasteiger partial charge in [-0.05, 0) is 91.7 Å². The number of hydrogen-bond acceptors (Lipinski definition) is 9. The first-order valence-corrected chi connectivity index (χ1v) is 18.0. The molecule has 1 aliphatic rings. The van der Waals surface area contributed by atoms with E-state index in [-0.39, 0.29) is 16.7 Å². The molecular weight excluding hydrogens is 736 g/mol. The number of carboxylic acid groups (broad SMARTS) is 1. The minimum Gasteiger partial charge on any atom is -0.494 e. The predicted octanol–water partition coefficient (Wildman–Crippen LogP) is 6.08. The van der Waals surface area contributed by atoms with Crippen molar-refractivity contribution >= 4 is 49.9 Å². The summed E-state index contributed by atoms with van der Waals surface area (Å²) in [6, 6.07) is 13.9. The molecule has 1 aliphatic heterocycles. The number of methoxy groups -OCH3 is 1. The van der Waals surface area contributed by atoms with Crippen molar-refractivity contribution in [3.8, 4) is 5.75 Å². The Morgan fingerprint density at radius 3 is 2.33 bits per heavy atom. The third-order valence-corrected chi connectivity index (χ3v) is 10.9. The van der Waals surface area contributed by atoms with E-state index in [0.29, 0.717) is 41.9 Å². The molecule has 4 N–H and O–H groups in total. The zero-order valence-electron chi connectivity index (χ0n) is 30.0. The first-order chi connectivity index (χ1) is 25.3. The highest BCUT2D eigenvalue weighted by molar-refractivity contribution is 7.92. The van der Waals surface area contributed by atoms with Crippen molar-refractivity contribution in [1.82, 2.24) is 14.8 Å². The number of carbonyl (C=O) groups excluding carboxylic acids is 2. The van der Waals surface area contributed by atoms with Crippen LogP contribution in [0.2, 0.25) is 0 Å². The molecule has 2 heterocycles. The lowest BCUT2D eigenvalue weighted by Gasteiger charge is -2.35. The van der Waals surface area contributed by atoms with Crippen LogP contribution < -0.4 is 20.9 Å². The van der Waals surface area contributed by atoms with Crippen LogP contribution in [0.15, 0.2) is 78.0 Å². The van der Waals surface area contributed by atoms with Gasteiger partial charge in [0.2, 0.25) is 0 Å². The molecule has 0 spiro atoms. The smallest absolute Gasteiger partial charge is 0.490 e. The lowest BCUT2D eigenvalue weighted by molar-refractivity contribution is -0.192. The zero-order valence-corrected chi connectivity index (χ0v) is 30.8. The van der Waals surface area contributed by atoms with Crippen molar-refractivity contribution in [1.29, 1.82) is 0 Å². The van der Waals surface area contributed by atoms with Gasteiger partial charge in [-0.15, -0.1) is 0 Å². The largest absolute Gasteiger partial charge is 0.494 e. The fourth-order valence-electron chi connectivity index (χ4n) is 5.79. The van der Waals surface area contributed by atoms with E-state index in [1.165, 1.54) is 41.3 Å². The minimum atomic E-state index is -5.08. The summed E-state index contributed by atoms with van der Waals surface area (Å²) in [5, 5.41) is 12.3. The summed E-state index contributed by atoms with van der Waals surface area (Å²) in [7, 11) is 0.754. The highest BCUT2D eigenvalue weighted by Gasteiger charge is 2.40. The molecule has 3 amide bonds. The molecule has 18 heteroatoms. The first kappa shape index (κ1) is 41.3. The minimum absolute atomic E-state index is 0.0501. The third-order valence-electron chi connectivity index (χ3n) is 8.66. The second-order valence-electron chi connectivity index (χ2n) is 12.8. The predicted molar refractivity (Wildman–Crippen MR) is 193 cm³/mol. The SMILES string of the molecule is COc1cc([C@@H](C(=O)N2CCC[C@@H]2c2cc(NC(=O)N(C)C)ccc2S(=O)(=O)C(C)C)N(N)c2ccc3cnccc3c2)ccc1F.O=C(O)C(F)(F)F. The summed E-state index contributed by atoms with van der Waals surface area (Å²) in [5.41, 5.74) is 1.71. The van der Waals surface area contributed by atoms with Gasteiger partial charge in [0.15, 0.2) is 21.4 Å². The molecule has 5 rings (SSSR count). The van der Waals surface area contributed by atoms with E-state index in [1.807, 2.05) is 18.2 Å². The molecule has 3 aromatic carbocycles. The molecule has 0 radical (unpaired) electrons. The maximum absolute atomic E-state index is 14.8. The Kier molecular flexibility index (Phi) is 12.7. The second-order valence-corrected chi connectivity index (χ2v) is 15.2. The molecule has 54 heavy (non-hydrogen) atoms. The van der Waals surface area contributed by atoms with E-state index in [1.54, 1.807) is 63.4 Å². The van der Waals surface area contributed by atoms with Gasteiger partial charge in [0.25, 0.3) is 5.91 Å². The van der Waals surface area contributed by atoms with Gasteiger partial charge in [-0.25, -0.2) is 28.2 Å². The molecular formula is C36H40F4N6O7S. The molecule has 13 nitrogen and oxygen atoms in total. The molecule has 1 aromatic heterocycles. The number of sulfone groups is 1. The number of pyridine rings is 1. The number of benzene rings is 3. The summed E-state index contributed by atoms with van der Waals surface area (Å²) < 4.78 is 78.7. The number of anilines is 2. The van der Waals surface area contributed by atoms with Crippen LogP contribution >= 0.6 is 0 Å². The number of likely N-dealkylation sites (tertiary alicyclic amines) is 1. The number of fused-ring (bicyclic) bond motifs is 1. The zero-order chi connectivity index (χ0) is 40.1. The quantitative estimate of drug-likeness (QED) is 0.103. The van der Waals surface area contributed by atoms with Gasteiger partial charge >= 0.3 is 18.2 Å². The third kappa shape index (κ3) is 9.17. The van der Waals surface area contributed by atoms with Crippen molar-refractivity contribution in [2.75, 3.05) is 38.1 Å². The number of amides is 3. The van der Waals surface area contributed by atoms with Crippen LogP contribution in [-0.4, -0.2) is 85.4 Å². The highest BCUT2D eigenvalue weighted by Crippen LogP contribution is 2.41. The number of aliphatic carboxylic acids is 1. The fraction of sp³-hybridized carbons (Fsp3) is 0.333. The van der Waals surface area contributed by atoms with E-state index in [0.717, 1.165) is 10.8 Å². The molecule has 1 fully saturated rings. The van der Waals surface area contributed by atoms with E-state index in [2.05, 4.69) is 10.3 Å². The van der Waals surface area contributed by atoms with Crippen molar-refractivity contribution in [3.63, 3.8) is 0 Å². The van der Waals surface area contributed by atoms with Crippen LogP contribution in [0.25, 0.3) is 10.8 Å². The number of aromatic nitrogens is 1. The van der Waals surface area contributed by atoms with Crippen molar-refractivity contribution in [2.45, 2.75) is 55.1 Å². The van der Waals surface area contributed by atoms with Gasteiger partial charge in [0.05, 0.1) is 29.0 Å². The van der Waals surface area contributed by atoms with Gasteiger partial charge < -0.3 is 25.0 Å². The normalized spacial score (nSPS) is 14.9. The summed E-state index contributed by atoms with van der Waals surface area (Å²) in [6.07, 6.45) is -0.628. The van der Waals surface area contributed by atoms with Crippen LogP contribution in [0, 0.1) is 5.82 Å². The number of alkyl halides is 3. The molecule has 0 bridgehead atoms. The lowest BCUT2D eigenvalue weighted by atomic mass is 10.00. The van der Waals surface area contributed by atoms with Crippen LogP contribution in [0.5, 0.6) is 5.75 Å². The molecule has 1 saturated heterocycles. The lowest BCUT2D eigenvalue weighted by Crippen LogP contribution is -2.46. The van der Waals surface area contributed by atoms with Gasteiger partial charge in [-0.2, -0.15) is 13.2 Å². The number of halogens is 4. The number of urea groups is 1. The standard InChI is InChI=1S/C34H39FN6O5S.C2HF3O2/c1-21(2)47(44,45)31-13-10-25(38-34(43)39(3)4)19-27(31)29-7-6-16-40(29)33(42)32(23-9-12-28(35)30(18-23)46-5)41(36)26-11-8-24-20-37-15-14-22(24)17-26;3-2(4,5)1(6)7/h8-15,17-21,29,32H,6-7,16,36H2,1-5H3,(H,38,43);(H,6,7)/t29-,32+;/m1./s1. The fourth-order valence-corrected chi connectivity index (χ4v) is 7.08. The van der Waals surface area contributed by atoms with Crippen LogP contribution in [0.4, 0.5) is 33.7 Å². The number of hydrazine groups is 1. The number of ether oxygens (including phenoxy) is 1. The molecule has 0 aliphatic carbocycles. The second kappa shape index (κ2) is 16.7. The Morgan fingerprint density at radius 1 is 1.04 bits per heavy atom. The van der Waals surface area contributed by atoms with Gasteiger partial charge in [-0.1, -0.05) is 12.1 Å². The summed E-state index contributed by atoms with van der Waals surface area (Å²) >= 11 is 0. The Labute approximate surface area is 309 Å². The van der Waals surface area contributed by atoms with E-state index in [4.69, 9.17) is 20.5 Å². The van der Waals surface area contributed by atoms with Crippen molar-refractivity contribution in [2.24, 2.45) is 5.84 Å². The molecule has 290 valence electrons. The summed E-state index contributed by atoms with van der Waals surface area (Å²) in [4.78, 5) is 43.4. The van der Waals surface area contributed by atoms with Crippen molar-refractivity contribution < 1.29 is 50.2 Å². The topological polar surface area (TPSA) is 175 Å². The molecule has 4 aromatic rings. The molecule has 0 unspecified atom stereocenters. The summed E-state index contributed by atoms with van der Waals surface area (Å²) in [6.45, 7) is 3.52. The number of nitrogens with zero attached hydrogens (tertiary/aromatic N) is 4. The average Bonchev–Trinajstić information content (AvgIpc) is 3.62. The van der Waals surface area contributed by atoms with Crippen LogP contribution in [-0.2, 0) is 19.4 Å². The maximum Gasteiger partial charge on any atom is 0.490 e. The number of nitrogens with one attached hydrogen (secondary N) is 1. The number of hydrogen-bond donors (Lipinski definition) is 3. The molecule has 2 atom stereocenters. The monoisotopic (exact) mass is 776 g/mol. The Bertz CT molecular complexity index is 2130. The summed E-state index contributed by atoms with van der Waals surface area (Å²) in [5.74, 6) is 2.97. The average molecular weight is 777 g/mol. The molecule has 0 saturated carbocycles. The number of rotatable bonds is 9. The van der Waals surface area contributed by atoms with Gasteiger partial charge in [-0.3, -0.25) is 14.8 Å². The Morgan fingerprint density at radius 2 is 1.72 bits per heavy atom. The van der Waals surface area contributed by atoms with E-state index < -0.39 is 51.0 Å². The number of carboxylic acids is 1. The van der Waals surface area contributed by atoms with E-state index >= 15 is 0 Å². The highest BCUT2D eigenvalue weighted by atomic mass is 32.2. The van der Waals surface area contributed by atoms with Crippen LogP contribution in [0.3, 0.4) is 0 Å². The maximum atomic E-state index is 14.8. The van der Waals surface area contributed by atoms with Gasteiger partial charge in [0.1, 0.15) is 6.04 Å². The Hall–Kier alpha value is -5.49. The van der Waals surface area contributed by atoms with Gasteiger partial charge in [0, 0.05) is 44.1 Å². The Balaban J connectivity index is 0.000000845. The van der Waals surface area contributed by atoms with Crippen molar-refractivity contribution in [3.05, 3.63) is 90.0 Å². The number of carbonyl (C=O) groups is 3. The van der Waals surface area contributed by atoms with E-state index in [9.17, 15) is 35.6 Å². The first-order valence-electron chi connectivity index (χ1n) is 16.5. The number of nitrogens with two attached hydrogens (primary N) is 1.